The van der Waals surface area contributed by atoms with Gasteiger partial charge >= 0.3 is 0 Å². The van der Waals surface area contributed by atoms with Crippen LogP contribution in [-0.2, 0) is 4.79 Å². The van der Waals surface area contributed by atoms with Gasteiger partial charge < -0.3 is 11.1 Å². The van der Waals surface area contributed by atoms with Crippen LogP contribution in [0.1, 0.15) is 19.8 Å². The van der Waals surface area contributed by atoms with Gasteiger partial charge in [0.15, 0.2) is 0 Å². The SMILES string of the molecule is CC(N)(C(=O)Nc1ccc(F)cc1Br)C1CC1. The standard InChI is InChI=1S/C12H14BrFN2O/c1-12(15,7-2-3-7)11(17)16-10-5-4-8(14)6-9(10)13/h4-7H,2-3,15H2,1H3,(H,16,17). The molecule has 3 N–H and O–H groups in total. The molecule has 1 aromatic carbocycles. The van der Waals surface area contributed by atoms with Crippen LogP contribution in [0.15, 0.2) is 22.7 Å². The normalized spacial score (nSPS) is 18.6. The zero-order valence-electron chi connectivity index (χ0n) is 9.47. The van der Waals surface area contributed by atoms with Gasteiger partial charge in [-0.3, -0.25) is 4.79 Å². The minimum Gasteiger partial charge on any atom is -0.323 e. The fourth-order valence-electron chi connectivity index (χ4n) is 1.72. The third-order valence-corrected chi connectivity index (χ3v) is 3.75. The van der Waals surface area contributed by atoms with E-state index in [-0.39, 0.29) is 17.6 Å². The minimum atomic E-state index is -0.853. The summed E-state index contributed by atoms with van der Waals surface area (Å²) in [5, 5.41) is 2.72. The Labute approximate surface area is 108 Å². The van der Waals surface area contributed by atoms with E-state index in [1.165, 1.54) is 18.2 Å². The number of carbonyl (C=O) groups excluding carboxylic acids is 1. The number of benzene rings is 1. The lowest BCUT2D eigenvalue weighted by atomic mass is 9.96. The van der Waals surface area contributed by atoms with E-state index in [1.54, 1.807) is 6.92 Å². The highest BCUT2D eigenvalue weighted by molar-refractivity contribution is 9.10. The molecule has 0 bridgehead atoms. The van der Waals surface area contributed by atoms with Crippen LogP contribution in [0.4, 0.5) is 10.1 Å². The molecule has 1 saturated carbocycles. The summed E-state index contributed by atoms with van der Waals surface area (Å²) < 4.78 is 13.4. The molecule has 1 amide bonds. The number of hydrogen-bond donors (Lipinski definition) is 2. The maximum atomic E-state index is 12.9. The molecule has 1 atom stereocenters. The van der Waals surface area contributed by atoms with Gasteiger partial charge in [-0.05, 0) is 59.8 Å². The van der Waals surface area contributed by atoms with Gasteiger partial charge in [-0.1, -0.05) is 0 Å². The van der Waals surface area contributed by atoms with Crippen LogP contribution in [0.5, 0.6) is 0 Å². The van der Waals surface area contributed by atoms with E-state index < -0.39 is 5.54 Å². The summed E-state index contributed by atoms with van der Waals surface area (Å²) in [7, 11) is 0. The summed E-state index contributed by atoms with van der Waals surface area (Å²) in [5.41, 5.74) is 5.67. The van der Waals surface area contributed by atoms with Gasteiger partial charge in [-0.2, -0.15) is 0 Å². The third-order valence-electron chi connectivity index (χ3n) is 3.09. The zero-order chi connectivity index (χ0) is 12.6. The number of carbonyl (C=O) groups is 1. The molecule has 1 aromatic rings. The Kier molecular flexibility index (Phi) is 3.23. The first-order valence-corrected chi connectivity index (χ1v) is 6.26. The van der Waals surface area contributed by atoms with Crippen molar-refractivity contribution in [3.05, 3.63) is 28.5 Å². The lowest BCUT2D eigenvalue weighted by molar-refractivity contribution is -0.121. The second kappa shape index (κ2) is 4.38. The molecule has 0 aliphatic heterocycles. The monoisotopic (exact) mass is 300 g/mol. The summed E-state index contributed by atoms with van der Waals surface area (Å²) in [6.07, 6.45) is 1.98. The molecule has 1 fully saturated rings. The number of halogens is 2. The molecule has 0 heterocycles. The molecular formula is C12H14BrFN2O. The van der Waals surface area contributed by atoms with Crippen molar-refractivity contribution in [2.45, 2.75) is 25.3 Å². The first-order chi connectivity index (χ1) is 7.91. The third kappa shape index (κ3) is 2.66. The molecule has 92 valence electrons. The van der Waals surface area contributed by atoms with Crippen molar-refractivity contribution in [1.82, 2.24) is 0 Å². The van der Waals surface area contributed by atoms with E-state index in [0.29, 0.717) is 10.2 Å². The van der Waals surface area contributed by atoms with E-state index in [0.717, 1.165) is 12.8 Å². The van der Waals surface area contributed by atoms with Gasteiger partial charge in [0.1, 0.15) is 5.82 Å². The van der Waals surface area contributed by atoms with Gasteiger partial charge in [0.2, 0.25) is 5.91 Å². The molecule has 0 spiro atoms. The Balaban J connectivity index is 2.12. The number of rotatable bonds is 3. The first kappa shape index (κ1) is 12.5. The molecule has 1 unspecified atom stereocenters. The lowest BCUT2D eigenvalue weighted by Gasteiger charge is -2.23. The molecule has 1 aliphatic rings. The molecule has 1 aliphatic carbocycles. The number of nitrogens with two attached hydrogens (primary N) is 1. The van der Waals surface area contributed by atoms with Gasteiger partial charge in [-0.15, -0.1) is 0 Å². The van der Waals surface area contributed by atoms with Crippen molar-refractivity contribution >= 4 is 27.5 Å². The fraction of sp³-hybridized carbons (Fsp3) is 0.417. The van der Waals surface area contributed by atoms with E-state index in [9.17, 15) is 9.18 Å². The maximum Gasteiger partial charge on any atom is 0.244 e. The molecule has 3 nitrogen and oxygen atoms in total. The highest BCUT2D eigenvalue weighted by Crippen LogP contribution is 2.38. The van der Waals surface area contributed by atoms with Gasteiger partial charge in [-0.25, -0.2) is 4.39 Å². The van der Waals surface area contributed by atoms with Crippen LogP contribution in [-0.4, -0.2) is 11.4 Å². The topological polar surface area (TPSA) is 55.1 Å². The van der Waals surface area contributed by atoms with E-state index in [4.69, 9.17) is 5.73 Å². The number of amides is 1. The second-order valence-corrected chi connectivity index (χ2v) is 5.49. The predicted octanol–water partition coefficient (Wildman–Crippen LogP) is 2.65. The van der Waals surface area contributed by atoms with E-state index in [2.05, 4.69) is 21.2 Å². The molecule has 17 heavy (non-hydrogen) atoms. The van der Waals surface area contributed by atoms with E-state index in [1.807, 2.05) is 0 Å². The average molecular weight is 301 g/mol. The van der Waals surface area contributed by atoms with Crippen molar-refractivity contribution in [3.8, 4) is 0 Å². The smallest absolute Gasteiger partial charge is 0.244 e. The number of hydrogen-bond acceptors (Lipinski definition) is 2. The Hall–Kier alpha value is -0.940. The highest BCUT2D eigenvalue weighted by atomic mass is 79.9. The molecule has 0 radical (unpaired) electrons. The van der Waals surface area contributed by atoms with Crippen LogP contribution in [0.25, 0.3) is 0 Å². The molecule has 5 heteroatoms. The molecule has 0 saturated heterocycles. The largest absolute Gasteiger partial charge is 0.323 e. The summed E-state index contributed by atoms with van der Waals surface area (Å²) in [6.45, 7) is 1.73. The number of anilines is 1. The maximum absolute atomic E-state index is 12.9. The Morgan fingerprint density at radius 1 is 1.59 bits per heavy atom. The van der Waals surface area contributed by atoms with Crippen LogP contribution >= 0.6 is 15.9 Å². The summed E-state index contributed by atoms with van der Waals surface area (Å²) in [5.74, 6) is -0.332. The number of nitrogens with one attached hydrogen (secondary N) is 1. The summed E-state index contributed by atoms with van der Waals surface area (Å²) in [6, 6.07) is 4.12. The summed E-state index contributed by atoms with van der Waals surface area (Å²) >= 11 is 3.20. The van der Waals surface area contributed by atoms with Crippen molar-refractivity contribution in [1.29, 1.82) is 0 Å². The Morgan fingerprint density at radius 3 is 2.76 bits per heavy atom. The second-order valence-electron chi connectivity index (χ2n) is 4.64. The predicted molar refractivity (Wildman–Crippen MR) is 68.0 cm³/mol. The van der Waals surface area contributed by atoms with Gasteiger partial charge in [0.05, 0.1) is 11.2 Å². The van der Waals surface area contributed by atoms with Crippen molar-refractivity contribution in [2.24, 2.45) is 11.7 Å². The molecule has 0 aromatic heterocycles. The van der Waals surface area contributed by atoms with Crippen molar-refractivity contribution in [2.75, 3.05) is 5.32 Å². The lowest BCUT2D eigenvalue weighted by Crippen LogP contribution is -2.50. The van der Waals surface area contributed by atoms with Crippen molar-refractivity contribution < 1.29 is 9.18 Å². The van der Waals surface area contributed by atoms with E-state index >= 15 is 0 Å². The van der Waals surface area contributed by atoms with Crippen LogP contribution in [0, 0.1) is 11.7 Å². The van der Waals surface area contributed by atoms with Gasteiger partial charge in [0.25, 0.3) is 0 Å². The molecule has 2 rings (SSSR count). The Bertz CT molecular complexity index is 458. The average Bonchev–Trinajstić information content (AvgIpc) is 3.05. The summed E-state index contributed by atoms with van der Waals surface area (Å²) in [4.78, 5) is 12.0. The quantitative estimate of drug-likeness (QED) is 0.902. The van der Waals surface area contributed by atoms with Crippen molar-refractivity contribution in [3.63, 3.8) is 0 Å². The van der Waals surface area contributed by atoms with Crippen LogP contribution in [0.2, 0.25) is 0 Å². The van der Waals surface area contributed by atoms with Crippen LogP contribution < -0.4 is 11.1 Å². The highest BCUT2D eigenvalue weighted by Gasteiger charge is 2.44. The first-order valence-electron chi connectivity index (χ1n) is 5.46. The van der Waals surface area contributed by atoms with Gasteiger partial charge in [0, 0.05) is 4.47 Å². The van der Waals surface area contributed by atoms with Crippen LogP contribution in [0.3, 0.4) is 0 Å². The zero-order valence-corrected chi connectivity index (χ0v) is 11.1. The Morgan fingerprint density at radius 2 is 2.24 bits per heavy atom. The molecular weight excluding hydrogens is 287 g/mol. The minimum absolute atomic E-state index is 0.229. The fourth-order valence-corrected chi connectivity index (χ4v) is 2.17.